The SMILES string of the molecule is Cc1ccc(NC(=O)c2cc(Cl)ccc2O)cc1C. The minimum atomic E-state index is -0.386. The highest BCUT2D eigenvalue weighted by atomic mass is 35.5. The van der Waals surface area contributed by atoms with Gasteiger partial charge in [0.2, 0.25) is 0 Å². The first-order valence-corrected chi connectivity index (χ1v) is 6.22. The summed E-state index contributed by atoms with van der Waals surface area (Å²) in [7, 11) is 0. The summed E-state index contributed by atoms with van der Waals surface area (Å²) in [6.45, 7) is 3.98. The molecule has 2 aromatic rings. The molecule has 2 N–H and O–H groups in total. The van der Waals surface area contributed by atoms with Gasteiger partial charge in [0.1, 0.15) is 5.75 Å². The van der Waals surface area contributed by atoms with Crippen LogP contribution in [0.25, 0.3) is 0 Å². The van der Waals surface area contributed by atoms with Gasteiger partial charge in [0, 0.05) is 10.7 Å². The second-order valence-corrected chi connectivity index (χ2v) is 4.85. The Balaban J connectivity index is 2.25. The number of amides is 1. The average Bonchev–Trinajstić information content (AvgIpc) is 2.36. The van der Waals surface area contributed by atoms with Crippen LogP contribution in [0.2, 0.25) is 5.02 Å². The summed E-state index contributed by atoms with van der Waals surface area (Å²) in [5.41, 5.74) is 3.09. The molecule has 0 saturated heterocycles. The Bertz CT molecular complexity index is 638. The Morgan fingerprint density at radius 1 is 1.11 bits per heavy atom. The van der Waals surface area contributed by atoms with Crippen LogP contribution in [0.4, 0.5) is 5.69 Å². The summed E-state index contributed by atoms with van der Waals surface area (Å²) in [5.74, 6) is -0.478. The van der Waals surface area contributed by atoms with Crippen molar-refractivity contribution >= 4 is 23.2 Å². The molecule has 0 fully saturated rings. The van der Waals surface area contributed by atoms with Crippen molar-refractivity contribution < 1.29 is 9.90 Å². The number of phenolic OH excluding ortho intramolecular Hbond substituents is 1. The van der Waals surface area contributed by atoms with Gasteiger partial charge in [-0.3, -0.25) is 4.79 Å². The predicted molar refractivity (Wildman–Crippen MR) is 77.0 cm³/mol. The van der Waals surface area contributed by atoms with E-state index in [1.165, 1.54) is 18.2 Å². The molecule has 1 amide bonds. The molecule has 2 rings (SSSR count). The second-order valence-electron chi connectivity index (χ2n) is 4.41. The number of hydrogen-bond donors (Lipinski definition) is 2. The lowest BCUT2D eigenvalue weighted by atomic mass is 10.1. The number of nitrogens with one attached hydrogen (secondary N) is 1. The second kappa shape index (κ2) is 5.33. The van der Waals surface area contributed by atoms with Gasteiger partial charge in [0.25, 0.3) is 5.91 Å². The summed E-state index contributed by atoms with van der Waals surface area (Å²) in [6, 6.07) is 10.0. The normalized spacial score (nSPS) is 10.3. The summed E-state index contributed by atoms with van der Waals surface area (Å²) in [5, 5.41) is 12.8. The number of hydrogen-bond acceptors (Lipinski definition) is 2. The summed E-state index contributed by atoms with van der Waals surface area (Å²) < 4.78 is 0. The molecule has 0 saturated carbocycles. The number of anilines is 1. The minimum Gasteiger partial charge on any atom is -0.507 e. The Kier molecular flexibility index (Phi) is 3.76. The van der Waals surface area contributed by atoms with Crippen molar-refractivity contribution in [2.24, 2.45) is 0 Å². The number of carbonyl (C=O) groups is 1. The highest BCUT2D eigenvalue weighted by molar-refractivity contribution is 6.31. The van der Waals surface area contributed by atoms with Gasteiger partial charge in [-0.1, -0.05) is 17.7 Å². The van der Waals surface area contributed by atoms with Gasteiger partial charge in [0.15, 0.2) is 0 Å². The van der Waals surface area contributed by atoms with E-state index in [2.05, 4.69) is 5.32 Å². The number of aromatic hydroxyl groups is 1. The zero-order chi connectivity index (χ0) is 14.0. The molecule has 2 aromatic carbocycles. The monoisotopic (exact) mass is 275 g/mol. The zero-order valence-electron chi connectivity index (χ0n) is 10.7. The first-order chi connectivity index (χ1) is 8.97. The lowest BCUT2D eigenvalue weighted by Crippen LogP contribution is -2.12. The van der Waals surface area contributed by atoms with Crippen molar-refractivity contribution in [2.75, 3.05) is 5.32 Å². The van der Waals surface area contributed by atoms with Crippen molar-refractivity contribution in [3.8, 4) is 5.75 Å². The van der Waals surface area contributed by atoms with E-state index in [0.717, 1.165) is 11.1 Å². The number of phenols is 1. The third kappa shape index (κ3) is 3.06. The van der Waals surface area contributed by atoms with E-state index in [9.17, 15) is 9.90 Å². The maximum Gasteiger partial charge on any atom is 0.259 e. The molecule has 98 valence electrons. The Morgan fingerprint density at radius 3 is 2.53 bits per heavy atom. The van der Waals surface area contributed by atoms with Gasteiger partial charge >= 0.3 is 0 Å². The van der Waals surface area contributed by atoms with Gasteiger partial charge in [-0.15, -0.1) is 0 Å². The number of carbonyl (C=O) groups excluding carboxylic acids is 1. The third-order valence-electron chi connectivity index (χ3n) is 2.97. The number of rotatable bonds is 2. The highest BCUT2D eigenvalue weighted by Gasteiger charge is 2.12. The van der Waals surface area contributed by atoms with Crippen molar-refractivity contribution in [1.29, 1.82) is 0 Å². The Morgan fingerprint density at radius 2 is 1.84 bits per heavy atom. The van der Waals surface area contributed by atoms with E-state index in [4.69, 9.17) is 11.6 Å². The summed E-state index contributed by atoms with van der Waals surface area (Å²) in [6.07, 6.45) is 0. The molecule has 0 unspecified atom stereocenters. The molecule has 0 bridgehead atoms. The topological polar surface area (TPSA) is 49.3 Å². The molecule has 19 heavy (non-hydrogen) atoms. The van der Waals surface area contributed by atoms with Crippen LogP contribution in [0.3, 0.4) is 0 Å². The van der Waals surface area contributed by atoms with E-state index in [1.807, 2.05) is 32.0 Å². The Labute approximate surface area is 116 Å². The molecule has 0 aliphatic carbocycles. The third-order valence-corrected chi connectivity index (χ3v) is 3.20. The molecule has 0 aliphatic rings. The standard InChI is InChI=1S/C15H14ClNO2/c1-9-3-5-12(7-10(9)2)17-15(19)13-8-11(16)4-6-14(13)18/h3-8,18H,1-2H3,(H,17,19). The van der Waals surface area contributed by atoms with Crippen LogP contribution in [0.1, 0.15) is 21.5 Å². The van der Waals surface area contributed by atoms with Crippen LogP contribution in [0.5, 0.6) is 5.75 Å². The van der Waals surface area contributed by atoms with Crippen molar-refractivity contribution in [2.45, 2.75) is 13.8 Å². The van der Waals surface area contributed by atoms with Crippen LogP contribution in [-0.2, 0) is 0 Å². The van der Waals surface area contributed by atoms with E-state index >= 15 is 0 Å². The van der Waals surface area contributed by atoms with E-state index < -0.39 is 0 Å². The van der Waals surface area contributed by atoms with Crippen LogP contribution in [0.15, 0.2) is 36.4 Å². The average molecular weight is 276 g/mol. The van der Waals surface area contributed by atoms with Crippen LogP contribution >= 0.6 is 11.6 Å². The summed E-state index contributed by atoms with van der Waals surface area (Å²) in [4.78, 5) is 12.1. The molecular weight excluding hydrogens is 262 g/mol. The Hall–Kier alpha value is -2.00. The van der Waals surface area contributed by atoms with Gasteiger partial charge < -0.3 is 10.4 Å². The van der Waals surface area contributed by atoms with Crippen molar-refractivity contribution in [3.63, 3.8) is 0 Å². The number of aryl methyl sites for hydroxylation is 2. The van der Waals surface area contributed by atoms with E-state index in [0.29, 0.717) is 10.7 Å². The zero-order valence-corrected chi connectivity index (χ0v) is 11.5. The molecule has 0 aliphatic heterocycles. The molecule has 0 radical (unpaired) electrons. The quantitative estimate of drug-likeness (QED) is 0.873. The van der Waals surface area contributed by atoms with Crippen molar-refractivity contribution in [3.05, 3.63) is 58.1 Å². The van der Waals surface area contributed by atoms with Crippen LogP contribution in [0, 0.1) is 13.8 Å². The first-order valence-electron chi connectivity index (χ1n) is 5.84. The lowest BCUT2D eigenvalue weighted by molar-refractivity contribution is 0.102. The minimum absolute atomic E-state index is 0.0919. The molecule has 3 nitrogen and oxygen atoms in total. The predicted octanol–water partition coefficient (Wildman–Crippen LogP) is 3.91. The van der Waals surface area contributed by atoms with Crippen LogP contribution < -0.4 is 5.32 Å². The molecule has 0 aromatic heterocycles. The smallest absolute Gasteiger partial charge is 0.259 e. The van der Waals surface area contributed by atoms with Gasteiger partial charge in [-0.05, 0) is 55.3 Å². The fourth-order valence-corrected chi connectivity index (χ4v) is 1.88. The number of halogens is 1. The van der Waals surface area contributed by atoms with Gasteiger partial charge in [-0.2, -0.15) is 0 Å². The molecule has 4 heteroatoms. The maximum atomic E-state index is 12.1. The van der Waals surface area contributed by atoms with Crippen molar-refractivity contribution in [1.82, 2.24) is 0 Å². The molecule has 0 heterocycles. The molecule has 0 spiro atoms. The molecule has 0 atom stereocenters. The largest absolute Gasteiger partial charge is 0.507 e. The summed E-state index contributed by atoms with van der Waals surface area (Å²) >= 11 is 5.82. The first kappa shape index (κ1) is 13.4. The lowest BCUT2D eigenvalue weighted by Gasteiger charge is -2.09. The fraction of sp³-hybridized carbons (Fsp3) is 0.133. The molecular formula is C15H14ClNO2. The number of benzene rings is 2. The fourth-order valence-electron chi connectivity index (χ4n) is 1.71. The van der Waals surface area contributed by atoms with E-state index in [-0.39, 0.29) is 17.2 Å². The highest BCUT2D eigenvalue weighted by Crippen LogP contribution is 2.23. The van der Waals surface area contributed by atoms with Gasteiger partial charge in [-0.25, -0.2) is 0 Å². The van der Waals surface area contributed by atoms with E-state index in [1.54, 1.807) is 0 Å². The maximum absolute atomic E-state index is 12.1. The van der Waals surface area contributed by atoms with Crippen LogP contribution in [-0.4, -0.2) is 11.0 Å². The van der Waals surface area contributed by atoms with Gasteiger partial charge in [0.05, 0.1) is 5.56 Å².